The van der Waals surface area contributed by atoms with Crippen LogP contribution >= 0.6 is 23.2 Å². The number of aromatic nitrogens is 2. The second-order valence-corrected chi connectivity index (χ2v) is 11.3. The Bertz CT molecular complexity index is 1570. The lowest BCUT2D eigenvalue weighted by atomic mass is 9.95. The molecule has 0 radical (unpaired) electrons. The summed E-state index contributed by atoms with van der Waals surface area (Å²) in [6, 6.07) is 9.06. The third-order valence-corrected chi connectivity index (χ3v) is 8.50. The number of hydrogen-bond donors (Lipinski definition) is 2. The van der Waals surface area contributed by atoms with E-state index in [1.165, 1.54) is 6.07 Å². The zero-order chi connectivity index (χ0) is 27.3. The average molecular weight is 570 g/mol. The summed E-state index contributed by atoms with van der Waals surface area (Å²) >= 11 is 13.7. The van der Waals surface area contributed by atoms with Crippen LogP contribution in [0.1, 0.15) is 19.8 Å². The summed E-state index contributed by atoms with van der Waals surface area (Å²) in [7, 11) is 2.07. The van der Waals surface area contributed by atoms with Gasteiger partial charge >= 0.3 is 6.01 Å². The molecule has 3 heterocycles. The quantitative estimate of drug-likeness (QED) is 0.311. The maximum absolute atomic E-state index is 16.6. The van der Waals surface area contributed by atoms with Crippen molar-refractivity contribution in [1.82, 2.24) is 20.2 Å². The van der Waals surface area contributed by atoms with Gasteiger partial charge in [-0.2, -0.15) is 4.98 Å². The molecule has 2 atom stereocenters. The standard InChI is InChI=1S/C29H30Cl2FN5O2/c1-16-14-37(10-8-33-16)28-21-13-34-29(39-15-18-6-4-9-36(18)2)35-27(21)26(32)24(25(28)31)20-12-19(38)11-17-5-3-7-22(30)23(17)20/h3,5,7,11-13,16,18,33,38H,4,6,8-10,14-15H2,1-2H3/t16?,18-/m0/s1. The molecule has 1 aromatic heterocycles. The highest BCUT2D eigenvalue weighted by Gasteiger charge is 2.29. The summed E-state index contributed by atoms with van der Waals surface area (Å²) in [5.74, 6) is -0.626. The first-order valence-corrected chi connectivity index (χ1v) is 14.0. The van der Waals surface area contributed by atoms with E-state index in [4.69, 9.17) is 27.9 Å². The van der Waals surface area contributed by atoms with Crippen LogP contribution in [-0.4, -0.2) is 71.9 Å². The number of nitrogens with zero attached hydrogens (tertiary/aromatic N) is 4. The predicted octanol–water partition coefficient (Wildman–Crippen LogP) is 5.87. The fourth-order valence-electron chi connectivity index (χ4n) is 5.83. The molecular formula is C29H30Cl2FN5O2. The third kappa shape index (κ3) is 4.84. The number of rotatable bonds is 5. The second-order valence-electron chi connectivity index (χ2n) is 10.5. The van der Waals surface area contributed by atoms with Crippen LogP contribution in [0.15, 0.2) is 36.5 Å². The number of anilines is 1. The predicted molar refractivity (Wildman–Crippen MR) is 155 cm³/mol. The van der Waals surface area contributed by atoms with Gasteiger partial charge in [-0.15, -0.1) is 0 Å². The van der Waals surface area contributed by atoms with Crippen molar-refractivity contribution in [3.8, 4) is 22.9 Å². The fraction of sp³-hybridized carbons (Fsp3) is 0.379. The number of ether oxygens (including phenoxy) is 1. The van der Waals surface area contributed by atoms with Crippen molar-refractivity contribution in [2.24, 2.45) is 0 Å². The van der Waals surface area contributed by atoms with Crippen molar-refractivity contribution in [2.45, 2.75) is 31.8 Å². The molecule has 7 nitrogen and oxygen atoms in total. The average Bonchev–Trinajstić information content (AvgIpc) is 3.32. The molecule has 0 saturated carbocycles. The summed E-state index contributed by atoms with van der Waals surface area (Å²) < 4.78 is 22.6. The zero-order valence-electron chi connectivity index (χ0n) is 21.8. The van der Waals surface area contributed by atoms with Crippen molar-refractivity contribution in [2.75, 3.05) is 44.7 Å². The van der Waals surface area contributed by atoms with Gasteiger partial charge in [0, 0.05) is 59.3 Å². The second kappa shape index (κ2) is 10.6. The molecule has 2 aliphatic heterocycles. The number of halogens is 3. The Morgan fingerprint density at radius 2 is 2.08 bits per heavy atom. The Hall–Kier alpha value is -2.91. The molecule has 0 spiro atoms. The Morgan fingerprint density at radius 1 is 1.23 bits per heavy atom. The van der Waals surface area contributed by atoms with Gasteiger partial charge in [-0.3, -0.25) is 0 Å². The number of likely N-dealkylation sites (N-methyl/N-ethyl adjacent to an activating group) is 1. The molecule has 204 valence electrons. The van der Waals surface area contributed by atoms with Gasteiger partial charge in [0.05, 0.1) is 10.7 Å². The highest BCUT2D eigenvalue weighted by molar-refractivity contribution is 6.40. The molecule has 3 aromatic carbocycles. The van der Waals surface area contributed by atoms with Crippen molar-refractivity contribution in [3.63, 3.8) is 0 Å². The summed E-state index contributed by atoms with van der Waals surface area (Å²) in [6.45, 7) is 5.65. The zero-order valence-corrected chi connectivity index (χ0v) is 23.4. The van der Waals surface area contributed by atoms with E-state index < -0.39 is 5.82 Å². The lowest BCUT2D eigenvalue weighted by molar-refractivity contribution is 0.188. The molecule has 0 bridgehead atoms. The SMILES string of the molecule is CC1CN(c2c(Cl)c(-c3cc(O)cc4cccc(Cl)c34)c(F)c3nc(OC[C@@H]4CCCN4C)ncc23)CCN1. The number of nitrogens with one attached hydrogen (secondary N) is 1. The minimum atomic E-state index is -0.612. The van der Waals surface area contributed by atoms with E-state index in [1.54, 1.807) is 24.4 Å². The minimum absolute atomic E-state index is 0.0138. The lowest BCUT2D eigenvalue weighted by Gasteiger charge is -2.35. The maximum atomic E-state index is 16.6. The molecule has 1 unspecified atom stereocenters. The van der Waals surface area contributed by atoms with Gasteiger partial charge in [0.15, 0.2) is 5.82 Å². The van der Waals surface area contributed by atoms with Crippen LogP contribution in [0.4, 0.5) is 10.1 Å². The van der Waals surface area contributed by atoms with Crippen LogP contribution in [0.25, 0.3) is 32.8 Å². The monoisotopic (exact) mass is 569 g/mol. The molecule has 6 rings (SSSR count). The Morgan fingerprint density at radius 3 is 2.85 bits per heavy atom. The smallest absolute Gasteiger partial charge is 0.317 e. The van der Waals surface area contributed by atoms with Gasteiger partial charge in [0.25, 0.3) is 0 Å². The van der Waals surface area contributed by atoms with E-state index in [9.17, 15) is 5.11 Å². The molecule has 10 heteroatoms. The summed E-state index contributed by atoms with van der Waals surface area (Å²) in [5.41, 5.74) is 1.31. The number of likely N-dealkylation sites (tertiary alicyclic amines) is 1. The van der Waals surface area contributed by atoms with E-state index in [0.717, 1.165) is 25.9 Å². The molecule has 2 N–H and O–H groups in total. The van der Waals surface area contributed by atoms with Crippen LogP contribution < -0.4 is 15.0 Å². The van der Waals surface area contributed by atoms with Crippen LogP contribution in [0, 0.1) is 5.82 Å². The molecule has 4 aromatic rings. The molecule has 2 aliphatic rings. The largest absolute Gasteiger partial charge is 0.508 e. The van der Waals surface area contributed by atoms with Crippen LogP contribution in [0.3, 0.4) is 0 Å². The number of phenols is 1. The van der Waals surface area contributed by atoms with Crippen LogP contribution in [-0.2, 0) is 0 Å². The van der Waals surface area contributed by atoms with E-state index in [1.807, 2.05) is 6.07 Å². The lowest BCUT2D eigenvalue weighted by Crippen LogP contribution is -2.49. The molecule has 0 aliphatic carbocycles. The topological polar surface area (TPSA) is 73.8 Å². The first-order chi connectivity index (χ1) is 18.8. The Labute approximate surface area is 236 Å². The number of fused-ring (bicyclic) bond motifs is 2. The van der Waals surface area contributed by atoms with Crippen molar-refractivity contribution in [1.29, 1.82) is 0 Å². The normalized spacial score (nSPS) is 20.3. The third-order valence-electron chi connectivity index (χ3n) is 7.82. The van der Waals surface area contributed by atoms with Gasteiger partial charge in [-0.25, -0.2) is 9.37 Å². The van der Waals surface area contributed by atoms with Crippen molar-refractivity contribution in [3.05, 3.63) is 52.4 Å². The van der Waals surface area contributed by atoms with Gasteiger partial charge in [0.2, 0.25) is 0 Å². The van der Waals surface area contributed by atoms with Crippen molar-refractivity contribution < 1.29 is 14.2 Å². The highest BCUT2D eigenvalue weighted by Crippen LogP contribution is 2.47. The number of piperazine rings is 1. The first-order valence-electron chi connectivity index (χ1n) is 13.2. The van der Waals surface area contributed by atoms with Gasteiger partial charge in [-0.1, -0.05) is 35.3 Å². The summed E-state index contributed by atoms with van der Waals surface area (Å²) in [4.78, 5) is 13.4. The summed E-state index contributed by atoms with van der Waals surface area (Å²) in [5, 5.41) is 16.5. The van der Waals surface area contributed by atoms with Gasteiger partial charge in [0.1, 0.15) is 17.9 Å². The highest BCUT2D eigenvalue weighted by atomic mass is 35.5. The van der Waals surface area contributed by atoms with Gasteiger partial charge in [-0.05, 0) is 62.5 Å². The van der Waals surface area contributed by atoms with Crippen LogP contribution in [0.5, 0.6) is 11.8 Å². The molecule has 39 heavy (non-hydrogen) atoms. The number of hydrogen-bond acceptors (Lipinski definition) is 7. The first kappa shape index (κ1) is 26.3. The van der Waals surface area contributed by atoms with E-state index in [2.05, 4.69) is 39.1 Å². The number of phenolic OH excluding ortho intramolecular Hbond substituents is 1. The molecular weight excluding hydrogens is 540 g/mol. The molecule has 2 saturated heterocycles. The summed E-state index contributed by atoms with van der Waals surface area (Å²) in [6.07, 6.45) is 3.76. The molecule has 0 amide bonds. The maximum Gasteiger partial charge on any atom is 0.317 e. The minimum Gasteiger partial charge on any atom is -0.508 e. The van der Waals surface area contributed by atoms with Gasteiger partial charge < -0.3 is 25.0 Å². The van der Waals surface area contributed by atoms with Crippen molar-refractivity contribution >= 4 is 50.6 Å². The Balaban J connectivity index is 1.57. The number of benzene rings is 3. The number of aromatic hydroxyl groups is 1. The van der Waals surface area contributed by atoms with Crippen LogP contribution in [0.2, 0.25) is 10.0 Å². The van der Waals surface area contributed by atoms with E-state index in [-0.39, 0.29) is 39.9 Å². The van der Waals surface area contributed by atoms with E-state index in [0.29, 0.717) is 52.1 Å². The molecule has 2 fully saturated rings. The Kier molecular flexibility index (Phi) is 7.14. The van der Waals surface area contributed by atoms with E-state index >= 15 is 4.39 Å². The fourth-order valence-corrected chi connectivity index (χ4v) is 6.52.